The molecule has 0 bridgehead atoms. The molecular weight excluding hydrogens is 242 g/mol. The minimum atomic E-state index is -0.0905. The Kier molecular flexibility index (Phi) is 3.46. The molecule has 0 saturated heterocycles. The van der Waals surface area contributed by atoms with E-state index in [1.807, 2.05) is 0 Å². The fourth-order valence-electron chi connectivity index (χ4n) is 1.95. The highest BCUT2D eigenvalue weighted by Gasteiger charge is 2.15. The third-order valence-corrected chi connectivity index (χ3v) is 2.95. The van der Waals surface area contributed by atoms with Gasteiger partial charge in [0, 0.05) is 26.8 Å². The molecule has 0 fully saturated rings. The van der Waals surface area contributed by atoms with E-state index in [-0.39, 0.29) is 11.7 Å². The Morgan fingerprint density at radius 2 is 2.00 bits per heavy atom. The maximum absolute atomic E-state index is 12.3. The van der Waals surface area contributed by atoms with Gasteiger partial charge in [0.25, 0.3) is 5.91 Å². The van der Waals surface area contributed by atoms with E-state index in [0.717, 1.165) is 5.56 Å². The van der Waals surface area contributed by atoms with Crippen LogP contribution in [0.15, 0.2) is 36.5 Å². The van der Waals surface area contributed by atoms with Crippen LogP contribution in [0.25, 0.3) is 0 Å². The Balaban J connectivity index is 2.11. The first-order valence-corrected chi connectivity index (χ1v) is 5.92. The normalized spacial score (nSPS) is 10.4. The highest BCUT2D eigenvalue weighted by molar-refractivity contribution is 5.93. The van der Waals surface area contributed by atoms with Gasteiger partial charge in [0.2, 0.25) is 0 Å². The monoisotopic (exact) mass is 259 g/mol. The van der Waals surface area contributed by atoms with E-state index >= 15 is 0 Å². The summed E-state index contributed by atoms with van der Waals surface area (Å²) in [5.41, 5.74) is 7.75. The molecule has 2 rings (SSSR count). The van der Waals surface area contributed by atoms with Crippen molar-refractivity contribution in [2.24, 2.45) is 7.05 Å². The molecule has 0 spiro atoms. The molecule has 1 amide bonds. The van der Waals surface area contributed by atoms with Crippen molar-refractivity contribution in [1.29, 1.82) is 0 Å². The maximum atomic E-state index is 12.3. The number of nitrogens with two attached hydrogens (primary N) is 1. The van der Waals surface area contributed by atoms with E-state index in [1.54, 1.807) is 60.1 Å². The Labute approximate surface area is 111 Å². The fourth-order valence-corrected chi connectivity index (χ4v) is 1.95. The van der Waals surface area contributed by atoms with Crippen LogP contribution in [0.4, 0.5) is 5.69 Å². The van der Waals surface area contributed by atoms with Crippen molar-refractivity contribution < 1.29 is 9.90 Å². The second kappa shape index (κ2) is 5.06. The van der Waals surface area contributed by atoms with Crippen molar-refractivity contribution in [3.63, 3.8) is 0 Å². The van der Waals surface area contributed by atoms with Crippen LogP contribution in [-0.2, 0) is 13.6 Å². The average molecular weight is 259 g/mol. The average Bonchev–Trinajstić information content (AvgIpc) is 2.70. The van der Waals surface area contributed by atoms with Crippen LogP contribution < -0.4 is 5.73 Å². The van der Waals surface area contributed by atoms with Gasteiger partial charge in [-0.05, 0) is 23.8 Å². The number of carbonyl (C=O) groups excluding carboxylic acids is 1. The molecular formula is C14H17N3O2. The SMILES string of the molecule is CN(Cc1ccc(O)cc1)C(=O)c1cc(N)cn1C. The van der Waals surface area contributed by atoms with Gasteiger partial charge in [-0.1, -0.05) is 12.1 Å². The first-order chi connectivity index (χ1) is 8.97. The molecule has 0 aliphatic heterocycles. The number of carbonyl (C=O) groups is 1. The standard InChI is InChI=1S/C14H17N3O2/c1-16-9-11(15)7-13(16)14(19)17(2)8-10-3-5-12(18)6-4-10/h3-7,9,18H,8,15H2,1-2H3. The highest BCUT2D eigenvalue weighted by atomic mass is 16.3. The number of anilines is 1. The van der Waals surface area contributed by atoms with E-state index in [2.05, 4.69) is 0 Å². The van der Waals surface area contributed by atoms with Crippen LogP contribution in [0.3, 0.4) is 0 Å². The first-order valence-electron chi connectivity index (χ1n) is 5.92. The molecule has 3 N–H and O–H groups in total. The van der Waals surface area contributed by atoms with E-state index in [4.69, 9.17) is 5.73 Å². The zero-order chi connectivity index (χ0) is 14.0. The molecule has 2 aromatic rings. The van der Waals surface area contributed by atoms with Crippen LogP contribution in [0, 0.1) is 0 Å². The Morgan fingerprint density at radius 3 is 2.53 bits per heavy atom. The molecule has 0 aliphatic carbocycles. The third-order valence-electron chi connectivity index (χ3n) is 2.95. The van der Waals surface area contributed by atoms with Crippen molar-refractivity contribution >= 4 is 11.6 Å². The van der Waals surface area contributed by atoms with Crippen molar-refractivity contribution in [3.05, 3.63) is 47.8 Å². The van der Waals surface area contributed by atoms with Gasteiger partial charge in [-0.3, -0.25) is 4.79 Å². The Morgan fingerprint density at radius 1 is 1.37 bits per heavy atom. The zero-order valence-corrected chi connectivity index (χ0v) is 11.0. The largest absolute Gasteiger partial charge is 0.508 e. The molecule has 5 heteroatoms. The zero-order valence-electron chi connectivity index (χ0n) is 11.0. The second-order valence-electron chi connectivity index (χ2n) is 4.60. The van der Waals surface area contributed by atoms with Gasteiger partial charge < -0.3 is 20.3 Å². The number of hydrogen-bond acceptors (Lipinski definition) is 3. The van der Waals surface area contributed by atoms with Gasteiger partial charge in [0.05, 0.1) is 5.69 Å². The Hall–Kier alpha value is -2.43. The number of nitrogen functional groups attached to an aromatic ring is 1. The number of aromatic hydroxyl groups is 1. The van der Waals surface area contributed by atoms with Gasteiger partial charge >= 0.3 is 0 Å². The van der Waals surface area contributed by atoms with Crippen LogP contribution in [-0.4, -0.2) is 27.5 Å². The third kappa shape index (κ3) is 2.88. The molecule has 1 heterocycles. The molecule has 0 aliphatic rings. The summed E-state index contributed by atoms with van der Waals surface area (Å²) in [7, 11) is 3.52. The topological polar surface area (TPSA) is 71.5 Å². The molecule has 0 atom stereocenters. The van der Waals surface area contributed by atoms with Gasteiger partial charge in [0.1, 0.15) is 11.4 Å². The smallest absolute Gasteiger partial charge is 0.270 e. The van der Waals surface area contributed by atoms with Crippen LogP contribution >= 0.6 is 0 Å². The van der Waals surface area contributed by atoms with Crippen LogP contribution in [0.5, 0.6) is 5.75 Å². The summed E-state index contributed by atoms with van der Waals surface area (Å²) >= 11 is 0. The van der Waals surface area contributed by atoms with E-state index in [0.29, 0.717) is 17.9 Å². The minimum absolute atomic E-state index is 0.0905. The summed E-state index contributed by atoms with van der Waals surface area (Å²) in [5.74, 6) is 0.125. The Bertz CT molecular complexity index is 587. The molecule has 0 saturated carbocycles. The predicted molar refractivity (Wildman–Crippen MR) is 73.7 cm³/mol. The number of hydrogen-bond donors (Lipinski definition) is 2. The van der Waals surface area contributed by atoms with Gasteiger partial charge in [-0.25, -0.2) is 0 Å². The number of aryl methyl sites for hydroxylation is 1. The fraction of sp³-hybridized carbons (Fsp3) is 0.214. The van der Waals surface area contributed by atoms with Crippen LogP contribution in [0.2, 0.25) is 0 Å². The molecule has 100 valence electrons. The number of aromatic nitrogens is 1. The van der Waals surface area contributed by atoms with Gasteiger partial charge in [-0.2, -0.15) is 0 Å². The second-order valence-corrected chi connectivity index (χ2v) is 4.60. The van der Waals surface area contributed by atoms with Crippen molar-refractivity contribution in [2.75, 3.05) is 12.8 Å². The molecule has 1 aromatic heterocycles. The number of rotatable bonds is 3. The molecule has 0 radical (unpaired) electrons. The van der Waals surface area contributed by atoms with Gasteiger partial charge in [0.15, 0.2) is 0 Å². The number of phenols is 1. The summed E-state index contributed by atoms with van der Waals surface area (Å²) in [6.45, 7) is 0.476. The summed E-state index contributed by atoms with van der Waals surface area (Å²) in [6.07, 6.45) is 1.71. The van der Waals surface area contributed by atoms with Crippen molar-refractivity contribution in [3.8, 4) is 5.75 Å². The minimum Gasteiger partial charge on any atom is -0.508 e. The summed E-state index contributed by atoms with van der Waals surface area (Å²) in [5, 5.41) is 9.22. The number of phenolic OH excluding ortho intramolecular Hbond substituents is 1. The molecule has 5 nitrogen and oxygen atoms in total. The summed E-state index contributed by atoms with van der Waals surface area (Å²) in [4.78, 5) is 13.9. The molecule has 1 aromatic carbocycles. The quantitative estimate of drug-likeness (QED) is 0.879. The van der Waals surface area contributed by atoms with Crippen molar-refractivity contribution in [2.45, 2.75) is 6.54 Å². The summed E-state index contributed by atoms with van der Waals surface area (Å²) < 4.78 is 1.71. The maximum Gasteiger partial charge on any atom is 0.270 e. The summed E-state index contributed by atoms with van der Waals surface area (Å²) in [6, 6.07) is 8.45. The lowest BCUT2D eigenvalue weighted by Gasteiger charge is -2.17. The number of benzene rings is 1. The van der Waals surface area contributed by atoms with Crippen molar-refractivity contribution in [1.82, 2.24) is 9.47 Å². The molecule has 19 heavy (non-hydrogen) atoms. The van der Waals surface area contributed by atoms with E-state index in [9.17, 15) is 9.90 Å². The van der Waals surface area contributed by atoms with Crippen LogP contribution in [0.1, 0.15) is 16.1 Å². The van der Waals surface area contributed by atoms with E-state index in [1.165, 1.54) is 0 Å². The first kappa shape index (κ1) is 13.0. The number of nitrogens with zero attached hydrogens (tertiary/aromatic N) is 2. The number of amides is 1. The lowest BCUT2D eigenvalue weighted by Crippen LogP contribution is -2.27. The lowest BCUT2D eigenvalue weighted by molar-refractivity contribution is 0.0775. The highest BCUT2D eigenvalue weighted by Crippen LogP contribution is 2.14. The molecule has 0 unspecified atom stereocenters. The predicted octanol–water partition coefficient (Wildman–Crippen LogP) is 1.59. The van der Waals surface area contributed by atoms with E-state index < -0.39 is 0 Å². The lowest BCUT2D eigenvalue weighted by atomic mass is 10.2. The van der Waals surface area contributed by atoms with Gasteiger partial charge in [-0.15, -0.1) is 0 Å².